The van der Waals surface area contributed by atoms with E-state index in [1.165, 1.54) is 12.1 Å². The summed E-state index contributed by atoms with van der Waals surface area (Å²) in [7, 11) is 0. The quantitative estimate of drug-likeness (QED) is 0.834. The van der Waals surface area contributed by atoms with Gasteiger partial charge in [-0.15, -0.1) is 0 Å². The molecular formula is C14H20F2N2O. The summed E-state index contributed by atoms with van der Waals surface area (Å²) < 4.78 is 26.7. The van der Waals surface area contributed by atoms with E-state index >= 15 is 0 Å². The molecule has 0 heterocycles. The molecule has 2 N–H and O–H groups in total. The molecule has 0 bridgehead atoms. The zero-order valence-electron chi connectivity index (χ0n) is 11.5. The SMILES string of the molecule is CCCNC(=O)C(C)NC(C)c1cccc(F)c1F. The van der Waals surface area contributed by atoms with Crippen molar-refractivity contribution in [2.24, 2.45) is 0 Å². The molecule has 5 heteroatoms. The molecule has 106 valence electrons. The topological polar surface area (TPSA) is 41.1 Å². The van der Waals surface area contributed by atoms with Crippen molar-refractivity contribution in [3.8, 4) is 0 Å². The Morgan fingerprint density at radius 3 is 2.63 bits per heavy atom. The summed E-state index contributed by atoms with van der Waals surface area (Å²) in [4.78, 5) is 11.7. The van der Waals surface area contributed by atoms with Crippen LogP contribution < -0.4 is 10.6 Å². The van der Waals surface area contributed by atoms with Gasteiger partial charge < -0.3 is 5.32 Å². The molecule has 2 unspecified atom stereocenters. The van der Waals surface area contributed by atoms with E-state index in [0.29, 0.717) is 6.54 Å². The van der Waals surface area contributed by atoms with Gasteiger partial charge >= 0.3 is 0 Å². The lowest BCUT2D eigenvalue weighted by Gasteiger charge is -2.20. The zero-order valence-corrected chi connectivity index (χ0v) is 11.5. The van der Waals surface area contributed by atoms with E-state index < -0.39 is 23.7 Å². The van der Waals surface area contributed by atoms with E-state index in [1.54, 1.807) is 13.8 Å². The molecule has 0 aromatic heterocycles. The fraction of sp³-hybridized carbons (Fsp3) is 0.500. The lowest BCUT2D eigenvalue weighted by molar-refractivity contribution is -0.122. The highest BCUT2D eigenvalue weighted by Gasteiger charge is 2.19. The molecule has 0 aliphatic carbocycles. The number of rotatable bonds is 6. The van der Waals surface area contributed by atoms with Gasteiger partial charge in [0.1, 0.15) is 0 Å². The fourth-order valence-electron chi connectivity index (χ4n) is 1.80. The largest absolute Gasteiger partial charge is 0.355 e. The van der Waals surface area contributed by atoms with Crippen LogP contribution in [-0.4, -0.2) is 18.5 Å². The molecule has 0 saturated carbocycles. The van der Waals surface area contributed by atoms with Crippen molar-refractivity contribution in [3.05, 3.63) is 35.4 Å². The van der Waals surface area contributed by atoms with Crippen LogP contribution in [0.1, 0.15) is 38.8 Å². The van der Waals surface area contributed by atoms with E-state index in [-0.39, 0.29) is 11.5 Å². The minimum absolute atomic E-state index is 0.148. The standard InChI is InChI=1S/C14H20F2N2O/c1-4-8-17-14(19)10(3)18-9(2)11-6-5-7-12(15)13(11)16/h5-7,9-10,18H,4,8H2,1-3H3,(H,17,19). The summed E-state index contributed by atoms with van der Waals surface area (Å²) in [6.07, 6.45) is 0.854. The number of hydrogen-bond donors (Lipinski definition) is 2. The minimum Gasteiger partial charge on any atom is -0.355 e. The van der Waals surface area contributed by atoms with Crippen LogP contribution in [-0.2, 0) is 4.79 Å². The molecule has 3 nitrogen and oxygen atoms in total. The first-order valence-electron chi connectivity index (χ1n) is 6.45. The van der Waals surface area contributed by atoms with Gasteiger partial charge in [0.25, 0.3) is 0 Å². The Hall–Kier alpha value is -1.49. The first-order valence-corrected chi connectivity index (χ1v) is 6.45. The highest BCUT2D eigenvalue weighted by molar-refractivity contribution is 5.81. The first kappa shape index (κ1) is 15.6. The van der Waals surface area contributed by atoms with Crippen molar-refractivity contribution in [2.45, 2.75) is 39.3 Å². The Morgan fingerprint density at radius 2 is 2.00 bits per heavy atom. The predicted octanol–water partition coefficient (Wildman–Crippen LogP) is 2.53. The Kier molecular flexibility index (Phi) is 5.89. The molecular weight excluding hydrogens is 250 g/mol. The first-order chi connectivity index (χ1) is 8.97. The third-order valence-corrected chi connectivity index (χ3v) is 2.89. The van der Waals surface area contributed by atoms with Crippen LogP contribution in [0.2, 0.25) is 0 Å². The maximum atomic E-state index is 13.6. The monoisotopic (exact) mass is 270 g/mol. The number of halogens is 2. The molecule has 1 amide bonds. The Bertz CT molecular complexity index is 437. The molecule has 1 aromatic rings. The normalized spacial score (nSPS) is 13.9. The van der Waals surface area contributed by atoms with Gasteiger partial charge in [-0.25, -0.2) is 8.78 Å². The van der Waals surface area contributed by atoms with E-state index in [0.717, 1.165) is 12.5 Å². The summed E-state index contributed by atoms with van der Waals surface area (Å²) in [6, 6.07) is 3.12. The summed E-state index contributed by atoms with van der Waals surface area (Å²) >= 11 is 0. The molecule has 0 radical (unpaired) electrons. The molecule has 0 aliphatic heterocycles. The summed E-state index contributed by atoms with van der Waals surface area (Å²) in [6.45, 7) is 5.96. The second-order valence-electron chi connectivity index (χ2n) is 4.54. The Morgan fingerprint density at radius 1 is 1.32 bits per heavy atom. The average molecular weight is 270 g/mol. The molecule has 0 aliphatic rings. The number of amides is 1. The van der Waals surface area contributed by atoms with Gasteiger partial charge in [0.05, 0.1) is 6.04 Å². The van der Waals surface area contributed by atoms with Crippen LogP contribution in [0.25, 0.3) is 0 Å². The lowest BCUT2D eigenvalue weighted by atomic mass is 10.1. The van der Waals surface area contributed by atoms with Gasteiger partial charge in [0.15, 0.2) is 11.6 Å². The molecule has 19 heavy (non-hydrogen) atoms. The van der Waals surface area contributed by atoms with Crippen LogP contribution in [0, 0.1) is 11.6 Å². The van der Waals surface area contributed by atoms with Crippen LogP contribution in [0.15, 0.2) is 18.2 Å². The molecule has 0 fully saturated rings. The summed E-state index contributed by atoms with van der Waals surface area (Å²) in [5, 5.41) is 5.70. The summed E-state index contributed by atoms with van der Waals surface area (Å²) in [5.74, 6) is -1.90. The van der Waals surface area contributed by atoms with E-state index in [2.05, 4.69) is 10.6 Å². The number of carbonyl (C=O) groups is 1. The van der Waals surface area contributed by atoms with Crippen LogP contribution in [0.4, 0.5) is 8.78 Å². The van der Waals surface area contributed by atoms with Crippen LogP contribution in [0.5, 0.6) is 0 Å². The molecule has 0 saturated heterocycles. The second-order valence-corrected chi connectivity index (χ2v) is 4.54. The average Bonchev–Trinajstić information content (AvgIpc) is 2.38. The van der Waals surface area contributed by atoms with Crippen LogP contribution >= 0.6 is 0 Å². The second kappa shape index (κ2) is 7.19. The van der Waals surface area contributed by atoms with Gasteiger partial charge in [0.2, 0.25) is 5.91 Å². The Labute approximate surface area is 112 Å². The molecule has 2 atom stereocenters. The highest BCUT2D eigenvalue weighted by Crippen LogP contribution is 2.19. The highest BCUT2D eigenvalue weighted by atomic mass is 19.2. The van der Waals surface area contributed by atoms with Gasteiger partial charge in [-0.05, 0) is 26.3 Å². The Balaban J connectivity index is 2.66. The number of carbonyl (C=O) groups excluding carboxylic acids is 1. The molecule has 0 spiro atoms. The molecule has 1 rings (SSSR count). The third-order valence-electron chi connectivity index (χ3n) is 2.89. The number of hydrogen-bond acceptors (Lipinski definition) is 2. The predicted molar refractivity (Wildman–Crippen MR) is 70.7 cm³/mol. The van der Waals surface area contributed by atoms with Crippen molar-refractivity contribution >= 4 is 5.91 Å². The van der Waals surface area contributed by atoms with Crippen molar-refractivity contribution < 1.29 is 13.6 Å². The van der Waals surface area contributed by atoms with E-state index in [9.17, 15) is 13.6 Å². The van der Waals surface area contributed by atoms with Crippen molar-refractivity contribution in [1.29, 1.82) is 0 Å². The summed E-state index contributed by atoms with van der Waals surface area (Å²) in [5.41, 5.74) is 0.218. The maximum absolute atomic E-state index is 13.6. The number of nitrogens with one attached hydrogen (secondary N) is 2. The smallest absolute Gasteiger partial charge is 0.236 e. The van der Waals surface area contributed by atoms with Crippen molar-refractivity contribution in [2.75, 3.05) is 6.54 Å². The van der Waals surface area contributed by atoms with Gasteiger partial charge in [0, 0.05) is 18.2 Å². The zero-order chi connectivity index (χ0) is 14.4. The number of benzene rings is 1. The van der Waals surface area contributed by atoms with Crippen LogP contribution in [0.3, 0.4) is 0 Å². The van der Waals surface area contributed by atoms with Crippen molar-refractivity contribution in [3.63, 3.8) is 0 Å². The van der Waals surface area contributed by atoms with E-state index in [4.69, 9.17) is 0 Å². The third kappa shape index (κ3) is 4.28. The fourth-order valence-corrected chi connectivity index (χ4v) is 1.80. The van der Waals surface area contributed by atoms with Gasteiger partial charge in [-0.2, -0.15) is 0 Å². The van der Waals surface area contributed by atoms with Crippen molar-refractivity contribution in [1.82, 2.24) is 10.6 Å². The lowest BCUT2D eigenvalue weighted by Crippen LogP contribution is -2.43. The van der Waals surface area contributed by atoms with Gasteiger partial charge in [-0.3, -0.25) is 10.1 Å². The van der Waals surface area contributed by atoms with E-state index in [1.807, 2.05) is 6.92 Å². The maximum Gasteiger partial charge on any atom is 0.236 e. The minimum atomic E-state index is -0.880. The van der Waals surface area contributed by atoms with Gasteiger partial charge in [-0.1, -0.05) is 19.1 Å². The molecule has 1 aromatic carbocycles.